The first-order valence-corrected chi connectivity index (χ1v) is 5.29. The second kappa shape index (κ2) is 4.66. The fourth-order valence-corrected chi connectivity index (χ4v) is 2.00. The normalized spacial score (nSPS) is 10.2. The van der Waals surface area contributed by atoms with E-state index in [0.717, 1.165) is 0 Å². The van der Waals surface area contributed by atoms with Crippen LogP contribution in [0.15, 0.2) is 22.7 Å². The molecule has 0 saturated heterocycles. The van der Waals surface area contributed by atoms with Crippen molar-refractivity contribution in [2.75, 3.05) is 0 Å². The van der Waals surface area contributed by atoms with Crippen LogP contribution in [0.5, 0.6) is 0 Å². The maximum Gasteiger partial charge on any atom is 0.0209 e. The predicted molar refractivity (Wildman–Crippen MR) is 57.5 cm³/mol. The van der Waals surface area contributed by atoms with Gasteiger partial charge in [0.25, 0.3) is 0 Å². The Kier molecular flexibility index (Phi) is 3.80. The van der Waals surface area contributed by atoms with Gasteiger partial charge in [0, 0.05) is 4.47 Å². The first-order chi connectivity index (χ1) is 5.75. The van der Waals surface area contributed by atoms with E-state index in [1.807, 2.05) is 0 Å². The molecule has 66 valence electrons. The Morgan fingerprint density at radius 1 is 1.33 bits per heavy atom. The van der Waals surface area contributed by atoms with Crippen molar-refractivity contribution in [2.45, 2.75) is 33.1 Å². The second-order valence-electron chi connectivity index (χ2n) is 3.14. The summed E-state index contributed by atoms with van der Waals surface area (Å²) >= 11 is 3.58. The molecule has 12 heavy (non-hydrogen) atoms. The lowest BCUT2D eigenvalue weighted by atomic mass is 10.0. The Hall–Kier alpha value is -0.300. The van der Waals surface area contributed by atoms with Gasteiger partial charge in [-0.3, -0.25) is 0 Å². The predicted octanol–water partition coefficient (Wildman–Crippen LogP) is 4.10. The lowest BCUT2D eigenvalue weighted by molar-refractivity contribution is 0.789. The molecule has 0 aliphatic carbocycles. The third-order valence-corrected chi connectivity index (χ3v) is 2.88. The Morgan fingerprint density at radius 3 is 2.67 bits per heavy atom. The maximum absolute atomic E-state index is 3.58. The average molecular weight is 227 g/mol. The minimum absolute atomic E-state index is 1.20. The maximum atomic E-state index is 3.58. The van der Waals surface area contributed by atoms with E-state index in [1.165, 1.54) is 34.9 Å². The molecule has 0 saturated carbocycles. The number of benzene rings is 1. The van der Waals surface area contributed by atoms with Gasteiger partial charge in [-0.25, -0.2) is 0 Å². The van der Waals surface area contributed by atoms with Gasteiger partial charge in [-0.1, -0.05) is 41.4 Å². The van der Waals surface area contributed by atoms with E-state index in [4.69, 9.17) is 0 Å². The molecule has 0 nitrogen and oxygen atoms in total. The third kappa shape index (κ3) is 2.34. The Labute approximate surface area is 83.1 Å². The smallest absolute Gasteiger partial charge is 0.0209 e. The van der Waals surface area contributed by atoms with Gasteiger partial charge in [-0.05, 0) is 37.0 Å². The molecule has 0 aliphatic heterocycles. The van der Waals surface area contributed by atoms with Crippen molar-refractivity contribution < 1.29 is 0 Å². The van der Waals surface area contributed by atoms with E-state index in [1.54, 1.807) is 0 Å². The molecule has 0 aliphatic rings. The van der Waals surface area contributed by atoms with E-state index in [-0.39, 0.29) is 0 Å². The van der Waals surface area contributed by atoms with Crippen molar-refractivity contribution in [1.29, 1.82) is 0 Å². The number of hydrogen-bond donors (Lipinski definition) is 0. The highest BCUT2D eigenvalue weighted by atomic mass is 79.9. The van der Waals surface area contributed by atoms with Crippen LogP contribution in [-0.2, 0) is 6.42 Å². The summed E-state index contributed by atoms with van der Waals surface area (Å²) in [5, 5.41) is 0. The Bertz CT molecular complexity index is 233. The van der Waals surface area contributed by atoms with Gasteiger partial charge in [0.05, 0.1) is 0 Å². The van der Waals surface area contributed by atoms with Crippen molar-refractivity contribution in [3.8, 4) is 0 Å². The van der Waals surface area contributed by atoms with Crippen LogP contribution in [-0.4, -0.2) is 0 Å². The highest BCUT2D eigenvalue weighted by Crippen LogP contribution is 2.21. The fourth-order valence-electron chi connectivity index (χ4n) is 1.34. The Morgan fingerprint density at radius 2 is 2.08 bits per heavy atom. The van der Waals surface area contributed by atoms with Gasteiger partial charge in [0.2, 0.25) is 0 Å². The van der Waals surface area contributed by atoms with Crippen molar-refractivity contribution in [2.24, 2.45) is 0 Å². The number of hydrogen-bond acceptors (Lipinski definition) is 0. The average Bonchev–Trinajstić information content (AvgIpc) is 2.04. The van der Waals surface area contributed by atoms with Gasteiger partial charge in [-0.2, -0.15) is 0 Å². The van der Waals surface area contributed by atoms with E-state index in [0.29, 0.717) is 0 Å². The summed E-state index contributed by atoms with van der Waals surface area (Å²) in [7, 11) is 0. The summed E-state index contributed by atoms with van der Waals surface area (Å²) in [4.78, 5) is 0. The quantitative estimate of drug-likeness (QED) is 0.729. The fraction of sp³-hybridized carbons (Fsp3) is 0.455. The zero-order chi connectivity index (χ0) is 8.97. The van der Waals surface area contributed by atoms with Crippen LogP contribution in [0, 0.1) is 6.92 Å². The topological polar surface area (TPSA) is 0 Å². The molecule has 0 fully saturated rings. The largest absolute Gasteiger partial charge is 0.0654 e. The zero-order valence-electron chi connectivity index (χ0n) is 7.73. The summed E-state index contributed by atoms with van der Waals surface area (Å²) in [6, 6.07) is 6.39. The molecule has 1 aromatic carbocycles. The zero-order valence-corrected chi connectivity index (χ0v) is 9.32. The minimum atomic E-state index is 1.20. The molecule has 0 atom stereocenters. The van der Waals surface area contributed by atoms with Gasteiger partial charge in [-0.15, -0.1) is 0 Å². The Balaban J connectivity index is 2.81. The lowest BCUT2D eigenvalue weighted by Gasteiger charge is -2.06. The van der Waals surface area contributed by atoms with Gasteiger partial charge < -0.3 is 0 Å². The molecule has 0 heterocycles. The van der Waals surface area contributed by atoms with E-state index in [2.05, 4.69) is 48.0 Å². The van der Waals surface area contributed by atoms with Crippen LogP contribution in [0.3, 0.4) is 0 Å². The third-order valence-electron chi connectivity index (χ3n) is 2.13. The molecular weight excluding hydrogens is 212 g/mol. The highest BCUT2D eigenvalue weighted by molar-refractivity contribution is 9.10. The molecular formula is C11H15Br. The van der Waals surface area contributed by atoms with Crippen LogP contribution in [0.2, 0.25) is 0 Å². The minimum Gasteiger partial charge on any atom is -0.0654 e. The van der Waals surface area contributed by atoms with Crippen molar-refractivity contribution in [1.82, 2.24) is 0 Å². The van der Waals surface area contributed by atoms with Crippen molar-refractivity contribution >= 4 is 15.9 Å². The number of halogens is 1. The molecule has 0 spiro atoms. The van der Waals surface area contributed by atoms with Crippen LogP contribution in [0.1, 0.15) is 30.9 Å². The van der Waals surface area contributed by atoms with E-state index < -0.39 is 0 Å². The summed E-state index contributed by atoms with van der Waals surface area (Å²) in [5.41, 5.74) is 2.87. The monoisotopic (exact) mass is 226 g/mol. The number of rotatable bonds is 3. The molecule has 0 radical (unpaired) electrons. The summed E-state index contributed by atoms with van der Waals surface area (Å²) in [5.74, 6) is 0. The van der Waals surface area contributed by atoms with Gasteiger partial charge in [0.15, 0.2) is 0 Å². The van der Waals surface area contributed by atoms with E-state index >= 15 is 0 Å². The van der Waals surface area contributed by atoms with Gasteiger partial charge >= 0.3 is 0 Å². The van der Waals surface area contributed by atoms with E-state index in [9.17, 15) is 0 Å². The molecule has 1 aromatic rings. The first kappa shape index (κ1) is 9.79. The van der Waals surface area contributed by atoms with Crippen molar-refractivity contribution in [3.63, 3.8) is 0 Å². The molecule has 0 unspecified atom stereocenters. The second-order valence-corrected chi connectivity index (χ2v) is 3.99. The molecule has 0 aromatic heterocycles. The molecule has 1 heteroatoms. The summed E-state index contributed by atoms with van der Waals surface area (Å²) in [6.45, 7) is 4.40. The summed E-state index contributed by atoms with van der Waals surface area (Å²) < 4.78 is 1.26. The molecule has 0 amide bonds. The standard InChI is InChI=1S/C11H15Br/c1-3-4-7-10-9(2)6-5-8-11(10)12/h5-6,8H,3-4,7H2,1-2H3. The van der Waals surface area contributed by atoms with Crippen LogP contribution in [0.25, 0.3) is 0 Å². The van der Waals surface area contributed by atoms with Crippen LogP contribution >= 0.6 is 15.9 Å². The highest BCUT2D eigenvalue weighted by Gasteiger charge is 2.01. The first-order valence-electron chi connectivity index (χ1n) is 4.49. The van der Waals surface area contributed by atoms with Crippen LogP contribution < -0.4 is 0 Å². The summed E-state index contributed by atoms with van der Waals surface area (Å²) in [6.07, 6.45) is 3.74. The van der Waals surface area contributed by atoms with Crippen molar-refractivity contribution in [3.05, 3.63) is 33.8 Å². The molecule has 0 N–H and O–H groups in total. The SMILES string of the molecule is CCCCc1c(C)cccc1Br. The number of unbranched alkanes of at least 4 members (excludes halogenated alkanes) is 1. The number of aryl methyl sites for hydroxylation is 1. The lowest BCUT2D eigenvalue weighted by Crippen LogP contribution is -1.90. The van der Waals surface area contributed by atoms with Crippen LogP contribution in [0.4, 0.5) is 0 Å². The van der Waals surface area contributed by atoms with Gasteiger partial charge in [0.1, 0.15) is 0 Å². The molecule has 0 bridgehead atoms. The molecule has 1 rings (SSSR count).